The molecule has 6 heteroatoms. The number of carbonyl (C=O) groups excluding carboxylic acids is 2. The van der Waals surface area contributed by atoms with Crippen molar-refractivity contribution in [2.24, 2.45) is 11.8 Å². The molecule has 1 aliphatic rings. The van der Waals surface area contributed by atoms with Crippen LogP contribution in [0.15, 0.2) is 0 Å². The van der Waals surface area contributed by atoms with E-state index in [-0.39, 0.29) is 23.8 Å². The van der Waals surface area contributed by atoms with Gasteiger partial charge in [0, 0.05) is 0 Å². The van der Waals surface area contributed by atoms with E-state index in [2.05, 4.69) is 0 Å². The van der Waals surface area contributed by atoms with E-state index in [0.717, 1.165) is 39.3 Å². The third-order valence-corrected chi connectivity index (χ3v) is 4.23. The van der Waals surface area contributed by atoms with Crippen LogP contribution in [0.2, 0.25) is 0 Å². The molecule has 0 spiro atoms. The van der Waals surface area contributed by atoms with Crippen molar-refractivity contribution in [2.45, 2.75) is 27.7 Å². The zero-order valence-electron chi connectivity index (χ0n) is 14.4. The lowest BCUT2D eigenvalue weighted by Gasteiger charge is -2.31. The molecule has 1 aliphatic heterocycles. The van der Waals surface area contributed by atoms with Gasteiger partial charge < -0.3 is 19.3 Å². The number of ether oxygens (including phenoxy) is 2. The summed E-state index contributed by atoms with van der Waals surface area (Å²) in [5.74, 6) is -0.286. The molecule has 6 nitrogen and oxygen atoms in total. The van der Waals surface area contributed by atoms with E-state index in [0.29, 0.717) is 13.2 Å². The van der Waals surface area contributed by atoms with Crippen molar-refractivity contribution < 1.29 is 28.9 Å². The Kier molecular flexibility index (Phi) is 8.42. The summed E-state index contributed by atoms with van der Waals surface area (Å²) in [7, 11) is 0. The van der Waals surface area contributed by atoms with E-state index in [1.165, 1.54) is 9.80 Å². The Labute approximate surface area is 133 Å². The molecule has 1 rings (SSSR count). The van der Waals surface area contributed by atoms with Gasteiger partial charge >= 0.3 is 11.9 Å². The monoisotopic (exact) mass is 316 g/mol. The van der Waals surface area contributed by atoms with Gasteiger partial charge in [-0.15, -0.1) is 0 Å². The summed E-state index contributed by atoms with van der Waals surface area (Å²) < 4.78 is 10.1. The summed E-state index contributed by atoms with van der Waals surface area (Å²) >= 11 is 0. The Morgan fingerprint density at radius 3 is 1.41 bits per heavy atom. The SMILES string of the molecule is CCOC(=O)[C@@H](C)C[NH+]1CC[NH+](C[C@H](C)C(=O)OCC)CC1. The van der Waals surface area contributed by atoms with E-state index in [9.17, 15) is 9.59 Å². The van der Waals surface area contributed by atoms with Crippen LogP contribution in [0, 0.1) is 11.8 Å². The third-order valence-electron chi connectivity index (χ3n) is 4.23. The third kappa shape index (κ3) is 6.32. The molecule has 0 saturated carbocycles. The summed E-state index contributed by atoms with van der Waals surface area (Å²) in [6.45, 7) is 14.3. The minimum Gasteiger partial charge on any atom is -0.466 e. The molecule has 0 unspecified atom stereocenters. The highest BCUT2D eigenvalue weighted by atomic mass is 16.5. The maximum atomic E-state index is 11.7. The Hall–Kier alpha value is -1.14. The van der Waals surface area contributed by atoms with E-state index in [1.807, 2.05) is 27.7 Å². The van der Waals surface area contributed by atoms with Crippen LogP contribution in [0.5, 0.6) is 0 Å². The van der Waals surface area contributed by atoms with Gasteiger partial charge in [-0.1, -0.05) is 0 Å². The first kappa shape index (κ1) is 18.9. The maximum absolute atomic E-state index is 11.7. The zero-order chi connectivity index (χ0) is 16.5. The fourth-order valence-corrected chi connectivity index (χ4v) is 2.97. The first-order valence-corrected chi connectivity index (χ1v) is 8.48. The molecule has 1 heterocycles. The molecule has 1 saturated heterocycles. The molecular weight excluding hydrogens is 284 g/mol. The van der Waals surface area contributed by atoms with Crippen molar-refractivity contribution in [1.82, 2.24) is 0 Å². The van der Waals surface area contributed by atoms with Crippen LogP contribution in [0.1, 0.15) is 27.7 Å². The van der Waals surface area contributed by atoms with E-state index < -0.39 is 0 Å². The maximum Gasteiger partial charge on any atom is 0.314 e. The Morgan fingerprint density at radius 1 is 0.818 bits per heavy atom. The fraction of sp³-hybridized carbons (Fsp3) is 0.875. The van der Waals surface area contributed by atoms with Gasteiger partial charge in [0.2, 0.25) is 0 Å². The van der Waals surface area contributed by atoms with Crippen molar-refractivity contribution >= 4 is 11.9 Å². The molecule has 0 aromatic rings. The van der Waals surface area contributed by atoms with Crippen LogP contribution in [0.3, 0.4) is 0 Å². The highest BCUT2D eigenvalue weighted by Gasteiger charge is 2.29. The number of hydrogen-bond acceptors (Lipinski definition) is 4. The molecule has 1 fully saturated rings. The topological polar surface area (TPSA) is 61.5 Å². The van der Waals surface area contributed by atoms with Crippen LogP contribution in [-0.2, 0) is 19.1 Å². The normalized spacial score (nSPS) is 24.4. The van der Waals surface area contributed by atoms with Gasteiger partial charge in [0.15, 0.2) is 0 Å². The first-order valence-electron chi connectivity index (χ1n) is 8.48. The van der Waals surface area contributed by atoms with Gasteiger partial charge in [-0.2, -0.15) is 0 Å². The van der Waals surface area contributed by atoms with Crippen LogP contribution in [0.4, 0.5) is 0 Å². The van der Waals surface area contributed by atoms with Gasteiger partial charge in [0.1, 0.15) is 38.0 Å². The lowest BCUT2D eigenvalue weighted by Crippen LogP contribution is -3.28. The molecular formula is C16H32N2O4+2. The highest BCUT2D eigenvalue weighted by Crippen LogP contribution is 1.96. The molecule has 0 amide bonds. The van der Waals surface area contributed by atoms with Crippen LogP contribution >= 0.6 is 0 Å². The molecule has 0 radical (unpaired) electrons. The van der Waals surface area contributed by atoms with Crippen molar-refractivity contribution in [3.8, 4) is 0 Å². The summed E-state index contributed by atoms with van der Waals surface area (Å²) in [5.41, 5.74) is 0. The smallest absolute Gasteiger partial charge is 0.314 e. The molecule has 128 valence electrons. The molecule has 0 aliphatic carbocycles. The first-order chi connectivity index (χ1) is 10.5. The average molecular weight is 316 g/mol. The number of nitrogens with one attached hydrogen (secondary N) is 2. The van der Waals surface area contributed by atoms with Crippen LogP contribution < -0.4 is 9.80 Å². The van der Waals surface area contributed by atoms with Gasteiger partial charge in [0.05, 0.1) is 26.3 Å². The summed E-state index contributed by atoms with van der Waals surface area (Å²) in [4.78, 5) is 26.2. The minimum absolute atomic E-state index is 0.0463. The summed E-state index contributed by atoms with van der Waals surface area (Å²) in [5, 5.41) is 0. The number of hydrogen-bond donors (Lipinski definition) is 2. The van der Waals surface area contributed by atoms with Crippen molar-refractivity contribution in [2.75, 3.05) is 52.5 Å². The van der Waals surface area contributed by atoms with Gasteiger partial charge in [0.25, 0.3) is 0 Å². The number of carbonyl (C=O) groups is 2. The molecule has 0 bridgehead atoms. The average Bonchev–Trinajstić information content (AvgIpc) is 2.49. The lowest BCUT2D eigenvalue weighted by atomic mass is 10.1. The predicted octanol–water partition coefficient (Wildman–Crippen LogP) is -1.83. The molecule has 2 N–H and O–H groups in total. The summed E-state index contributed by atoms with van der Waals surface area (Å²) in [6, 6.07) is 0. The quantitative estimate of drug-likeness (QED) is 0.517. The second kappa shape index (κ2) is 9.79. The molecule has 2 atom stereocenters. The van der Waals surface area contributed by atoms with Crippen molar-refractivity contribution in [1.29, 1.82) is 0 Å². The standard InChI is InChI=1S/C16H30N2O4/c1-5-21-15(19)13(3)11-17-7-9-18(10-8-17)12-14(4)16(20)22-6-2/h13-14H,5-12H2,1-4H3/p+2/t13-,14-/m0/s1. The van der Waals surface area contributed by atoms with Gasteiger partial charge in [-0.3, -0.25) is 9.59 Å². The van der Waals surface area contributed by atoms with E-state index in [1.54, 1.807) is 0 Å². The van der Waals surface area contributed by atoms with Crippen LogP contribution in [-0.4, -0.2) is 64.4 Å². The minimum atomic E-state index is -0.0966. The molecule has 22 heavy (non-hydrogen) atoms. The second-order valence-corrected chi connectivity index (χ2v) is 6.21. The number of piperazine rings is 1. The fourth-order valence-electron chi connectivity index (χ4n) is 2.97. The van der Waals surface area contributed by atoms with Crippen molar-refractivity contribution in [3.63, 3.8) is 0 Å². The number of esters is 2. The van der Waals surface area contributed by atoms with E-state index in [4.69, 9.17) is 9.47 Å². The van der Waals surface area contributed by atoms with Gasteiger partial charge in [-0.25, -0.2) is 0 Å². The molecule has 0 aromatic carbocycles. The van der Waals surface area contributed by atoms with Gasteiger partial charge in [-0.05, 0) is 27.7 Å². The highest BCUT2D eigenvalue weighted by molar-refractivity contribution is 5.72. The number of rotatable bonds is 8. The summed E-state index contributed by atoms with van der Waals surface area (Å²) in [6.07, 6.45) is 0. The lowest BCUT2D eigenvalue weighted by molar-refractivity contribution is -1.01. The second-order valence-electron chi connectivity index (χ2n) is 6.21. The largest absolute Gasteiger partial charge is 0.466 e. The van der Waals surface area contributed by atoms with Crippen molar-refractivity contribution in [3.05, 3.63) is 0 Å². The van der Waals surface area contributed by atoms with E-state index >= 15 is 0 Å². The zero-order valence-corrected chi connectivity index (χ0v) is 14.4. The molecule has 0 aromatic heterocycles. The number of quaternary nitrogens is 2. The Balaban J connectivity index is 2.28. The Morgan fingerprint density at radius 2 is 1.14 bits per heavy atom. The Bertz CT molecular complexity index is 320. The van der Waals surface area contributed by atoms with Crippen LogP contribution in [0.25, 0.3) is 0 Å². The predicted molar refractivity (Wildman–Crippen MR) is 82.7 cm³/mol.